The molecule has 4 nitrogen and oxygen atoms in total. The third-order valence-electron chi connectivity index (χ3n) is 3.62. The van der Waals surface area contributed by atoms with Crippen molar-refractivity contribution in [2.75, 3.05) is 0 Å². The number of hydrogen-bond acceptors (Lipinski definition) is 3. The normalized spacial score (nSPS) is 11.0. The zero-order valence-corrected chi connectivity index (χ0v) is 11.1. The molecule has 4 heteroatoms. The van der Waals surface area contributed by atoms with Gasteiger partial charge in [0.15, 0.2) is 0 Å². The Labute approximate surface area is 120 Å². The molecule has 0 amide bonds. The third-order valence-corrected chi connectivity index (χ3v) is 3.62. The monoisotopic (exact) mass is 273 g/mol. The molecule has 0 aliphatic rings. The smallest absolute Gasteiger partial charge is 0.219 e. The average Bonchev–Trinajstić information content (AvgIpc) is 2.99. The minimum Gasteiger partial charge on any atom is -0.278 e. The lowest BCUT2D eigenvalue weighted by Gasteiger charge is -2.07. The van der Waals surface area contributed by atoms with Crippen LogP contribution in [0, 0.1) is 0 Å². The second-order valence-electron chi connectivity index (χ2n) is 4.81. The number of carbonyl (C=O) groups is 1. The van der Waals surface area contributed by atoms with E-state index in [1.165, 1.54) is 4.57 Å². The highest BCUT2D eigenvalue weighted by atomic mass is 16.1. The molecule has 0 radical (unpaired) electrons. The van der Waals surface area contributed by atoms with Gasteiger partial charge in [-0.05, 0) is 23.8 Å². The fourth-order valence-electron chi connectivity index (χ4n) is 2.68. The maximum absolute atomic E-state index is 11.3. The Morgan fingerprint density at radius 2 is 1.86 bits per heavy atom. The van der Waals surface area contributed by atoms with Gasteiger partial charge in [-0.3, -0.25) is 14.3 Å². The van der Waals surface area contributed by atoms with E-state index in [0.717, 1.165) is 39.5 Å². The van der Waals surface area contributed by atoms with Gasteiger partial charge in [0.05, 0.1) is 16.6 Å². The highest BCUT2D eigenvalue weighted by Gasteiger charge is 2.13. The highest BCUT2D eigenvalue weighted by Crippen LogP contribution is 2.32. The summed E-state index contributed by atoms with van der Waals surface area (Å²) in [5, 5.41) is 0.952. The van der Waals surface area contributed by atoms with Crippen molar-refractivity contribution in [3.63, 3.8) is 0 Å². The number of nitrogens with zero attached hydrogens (tertiary/aromatic N) is 3. The second kappa shape index (κ2) is 4.52. The lowest BCUT2D eigenvalue weighted by Crippen LogP contribution is -1.94. The minimum absolute atomic E-state index is 0.782. The second-order valence-corrected chi connectivity index (χ2v) is 4.81. The number of rotatable bonds is 2. The van der Waals surface area contributed by atoms with Gasteiger partial charge in [-0.1, -0.05) is 30.3 Å². The molecule has 21 heavy (non-hydrogen) atoms. The topological polar surface area (TPSA) is 47.8 Å². The van der Waals surface area contributed by atoms with E-state index in [2.05, 4.69) is 9.97 Å². The van der Waals surface area contributed by atoms with Crippen molar-refractivity contribution in [1.82, 2.24) is 14.5 Å². The number of pyridine rings is 1. The predicted molar refractivity (Wildman–Crippen MR) is 82.6 cm³/mol. The molecule has 2 aromatic heterocycles. The van der Waals surface area contributed by atoms with Crippen molar-refractivity contribution in [1.29, 1.82) is 0 Å². The average molecular weight is 273 g/mol. The molecule has 0 N–H and O–H groups in total. The van der Waals surface area contributed by atoms with Crippen LogP contribution in [0.1, 0.15) is 0 Å². The maximum Gasteiger partial charge on any atom is 0.219 e. The molecule has 2 heterocycles. The third kappa shape index (κ3) is 1.73. The lowest BCUT2D eigenvalue weighted by atomic mass is 10.0. The summed E-state index contributed by atoms with van der Waals surface area (Å²) in [6.45, 7) is 0. The fourth-order valence-corrected chi connectivity index (χ4v) is 2.68. The molecule has 0 saturated heterocycles. The molecule has 0 unspecified atom stereocenters. The van der Waals surface area contributed by atoms with Gasteiger partial charge >= 0.3 is 0 Å². The number of aromatic nitrogens is 3. The number of carbonyl (C=O) groups excluding carboxylic acids is 1. The van der Waals surface area contributed by atoms with Gasteiger partial charge in [0.2, 0.25) is 6.41 Å². The van der Waals surface area contributed by atoms with E-state index in [4.69, 9.17) is 0 Å². The highest BCUT2D eigenvalue weighted by molar-refractivity contribution is 6.10. The van der Waals surface area contributed by atoms with Crippen LogP contribution in [0.4, 0.5) is 0 Å². The van der Waals surface area contributed by atoms with Crippen LogP contribution >= 0.6 is 0 Å². The quantitative estimate of drug-likeness (QED) is 0.526. The van der Waals surface area contributed by atoms with Crippen LogP contribution < -0.4 is 0 Å². The van der Waals surface area contributed by atoms with E-state index in [-0.39, 0.29) is 0 Å². The van der Waals surface area contributed by atoms with Crippen molar-refractivity contribution in [3.05, 3.63) is 61.1 Å². The van der Waals surface area contributed by atoms with E-state index in [9.17, 15) is 4.79 Å². The summed E-state index contributed by atoms with van der Waals surface area (Å²) in [7, 11) is 0. The van der Waals surface area contributed by atoms with Crippen LogP contribution in [0.2, 0.25) is 0 Å². The minimum atomic E-state index is 0.782. The molecule has 0 bridgehead atoms. The Balaban J connectivity index is 2.21. The molecule has 100 valence electrons. The molecule has 0 spiro atoms. The van der Waals surface area contributed by atoms with Crippen molar-refractivity contribution in [2.45, 2.75) is 0 Å². The van der Waals surface area contributed by atoms with Gasteiger partial charge in [0.25, 0.3) is 0 Å². The molecule has 0 saturated carbocycles. The van der Waals surface area contributed by atoms with Gasteiger partial charge in [0, 0.05) is 17.1 Å². The van der Waals surface area contributed by atoms with Gasteiger partial charge < -0.3 is 0 Å². The van der Waals surface area contributed by atoms with Crippen molar-refractivity contribution >= 4 is 28.3 Å². The standard InChI is InChI=1S/C17H11N3O/c21-11-20-10-19-16-13-7-4-8-18-15(13)9-14(17(16)20)12-5-2-1-3-6-12/h1-11H. The fraction of sp³-hybridized carbons (Fsp3) is 0. The van der Waals surface area contributed by atoms with Crippen molar-refractivity contribution in [2.24, 2.45) is 0 Å². The van der Waals surface area contributed by atoms with Crippen molar-refractivity contribution in [3.8, 4) is 11.1 Å². The first-order valence-electron chi connectivity index (χ1n) is 6.63. The summed E-state index contributed by atoms with van der Waals surface area (Å²) >= 11 is 0. The van der Waals surface area contributed by atoms with Crippen LogP contribution in [0.3, 0.4) is 0 Å². The van der Waals surface area contributed by atoms with E-state index in [1.54, 1.807) is 12.5 Å². The summed E-state index contributed by atoms with van der Waals surface area (Å²) in [6.07, 6.45) is 4.10. The van der Waals surface area contributed by atoms with Gasteiger partial charge in [-0.2, -0.15) is 0 Å². The number of hydrogen-bond donors (Lipinski definition) is 0. The van der Waals surface area contributed by atoms with Crippen molar-refractivity contribution < 1.29 is 4.79 Å². The molecule has 0 fully saturated rings. The van der Waals surface area contributed by atoms with Gasteiger partial charge in [-0.25, -0.2) is 4.98 Å². The van der Waals surface area contributed by atoms with E-state index < -0.39 is 0 Å². The summed E-state index contributed by atoms with van der Waals surface area (Å²) < 4.78 is 1.52. The van der Waals surface area contributed by atoms with Gasteiger partial charge in [0.1, 0.15) is 6.33 Å². The lowest BCUT2D eigenvalue weighted by molar-refractivity contribution is 0.548. The summed E-state index contributed by atoms with van der Waals surface area (Å²) in [5.74, 6) is 0. The number of imidazole rings is 1. The van der Waals surface area contributed by atoms with Crippen LogP contribution in [0.15, 0.2) is 61.1 Å². The summed E-state index contributed by atoms with van der Waals surface area (Å²) in [4.78, 5) is 20.1. The Bertz CT molecular complexity index is 958. The van der Waals surface area contributed by atoms with Crippen LogP contribution in [-0.2, 0) is 4.79 Å². The first-order valence-corrected chi connectivity index (χ1v) is 6.63. The van der Waals surface area contributed by atoms with Crippen LogP contribution in [0.5, 0.6) is 0 Å². The molecule has 4 rings (SSSR count). The predicted octanol–water partition coefficient (Wildman–Crippen LogP) is 3.29. The van der Waals surface area contributed by atoms with Crippen LogP contribution in [0.25, 0.3) is 33.1 Å². The largest absolute Gasteiger partial charge is 0.278 e. The Morgan fingerprint density at radius 3 is 2.67 bits per heavy atom. The Hall–Kier alpha value is -3.01. The molecule has 4 aromatic rings. The molecule has 2 aromatic carbocycles. The van der Waals surface area contributed by atoms with E-state index in [1.807, 2.05) is 48.5 Å². The summed E-state index contributed by atoms with van der Waals surface area (Å²) in [5.41, 5.74) is 4.49. The molecule has 0 atom stereocenters. The van der Waals surface area contributed by atoms with Gasteiger partial charge in [-0.15, -0.1) is 0 Å². The molecular formula is C17H11N3O. The molecular weight excluding hydrogens is 262 g/mol. The zero-order valence-electron chi connectivity index (χ0n) is 11.1. The number of benzene rings is 2. The Morgan fingerprint density at radius 1 is 1.00 bits per heavy atom. The maximum atomic E-state index is 11.3. The first kappa shape index (κ1) is 11.8. The summed E-state index contributed by atoms with van der Waals surface area (Å²) in [6, 6.07) is 15.8. The van der Waals surface area contributed by atoms with Crippen LogP contribution in [-0.4, -0.2) is 20.9 Å². The van der Waals surface area contributed by atoms with E-state index >= 15 is 0 Å². The Kier molecular flexibility index (Phi) is 2.54. The first-order chi connectivity index (χ1) is 10.4. The SMILES string of the molecule is O=Cn1cnc2c3cccnc3cc(-c3ccccc3)c21. The molecule has 0 aliphatic heterocycles. The zero-order chi connectivity index (χ0) is 14.2. The van der Waals surface area contributed by atoms with E-state index in [0.29, 0.717) is 0 Å². The molecule has 0 aliphatic carbocycles. The number of fused-ring (bicyclic) bond motifs is 3.